The Balaban J connectivity index is 2.57. The van der Waals surface area contributed by atoms with Crippen LogP contribution >= 0.6 is 23.8 Å². The molecule has 0 fully saturated rings. The monoisotopic (exact) mass is 354 g/mol. The zero-order chi connectivity index (χ0) is 17.3. The second-order valence-corrected chi connectivity index (χ2v) is 6.05. The van der Waals surface area contributed by atoms with E-state index in [1.54, 1.807) is 27.1 Å². The number of likely N-dealkylation sites (N-methyl/N-ethyl adjacent to an activating group) is 1. The number of nitro benzene ring substituents is 1. The van der Waals surface area contributed by atoms with Crippen LogP contribution in [-0.4, -0.2) is 34.9 Å². The van der Waals surface area contributed by atoms with Gasteiger partial charge in [-0.3, -0.25) is 14.9 Å². The molecule has 1 unspecified atom stereocenters. The molecule has 1 aliphatic heterocycles. The maximum Gasteiger partial charge on any atom is 0.288 e. The summed E-state index contributed by atoms with van der Waals surface area (Å²) in [5, 5.41) is 17.4. The number of carbonyl (C=O) groups is 1. The van der Waals surface area contributed by atoms with Gasteiger partial charge in [0.2, 0.25) is 0 Å². The van der Waals surface area contributed by atoms with Crippen molar-refractivity contribution in [1.29, 1.82) is 0 Å². The van der Waals surface area contributed by atoms with E-state index in [0.717, 1.165) is 0 Å². The third-order valence-corrected chi connectivity index (χ3v) is 3.95. The van der Waals surface area contributed by atoms with Gasteiger partial charge in [0.1, 0.15) is 5.02 Å². The van der Waals surface area contributed by atoms with Crippen molar-refractivity contribution < 1.29 is 9.72 Å². The van der Waals surface area contributed by atoms with E-state index in [1.165, 1.54) is 17.0 Å². The number of amides is 1. The lowest BCUT2D eigenvalue weighted by molar-refractivity contribution is -0.384. The number of carbonyl (C=O) groups excluding carboxylic acids is 1. The van der Waals surface area contributed by atoms with Crippen LogP contribution in [0.2, 0.25) is 5.02 Å². The molecule has 0 aromatic heterocycles. The van der Waals surface area contributed by atoms with Gasteiger partial charge >= 0.3 is 0 Å². The van der Waals surface area contributed by atoms with E-state index in [-0.39, 0.29) is 16.6 Å². The molecule has 1 atom stereocenters. The van der Waals surface area contributed by atoms with E-state index < -0.39 is 11.0 Å². The van der Waals surface area contributed by atoms with E-state index >= 15 is 0 Å². The zero-order valence-electron chi connectivity index (χ0n) is 12.7. The van der Waals surface area contributed by atoms with Crippen molar-refractivity contribution in [2.24, 2.45) is 0 Å². The predicted octanol–water partition coefficient (Wildman–Crippen LogP) is 2.13. The molecule has 2 rings (SSSR count). The van der Waals surface area contributed by atoms with Crippen molar-refractivity contribution in [2.45, 2.75) is 13.0 Å². The van der Waals surface area contributed by atoms with Crippen LogP contribution in [0.25, 0.3) is 0 Å². The number of rotatable bonds is 3. The predicted molar refractivity (Wildman–Crippen MR) is 91.1 cm³/mol. The summed E-state index contributed by atoms with van der Waals surface area (Å²) in [6.07, 6.45) is 0. The van der Waals surface area contributed by atoms with E-state index in [4.69, 9.17) is 23.8 Å². The second-order valence-electron chi connectivity index (χ2n) is 5.24. The highest BCUT2D eigenvalue weighted by Gasteiger charge is 2.31. The van der Waals surface area contributed by atoms with Crippen LogP contribution < -0.4 is 10.6 Å². The number of halogens is 1. The lowest BCUT2D eigenvalue weighted by atomic mass is 9.94. The largest absolute Gasteiger partial charge is 0.351 e. The van der Waals surface area contributed by atoms with Crippen molar-refractivity contribution in [3.05, 3.63) is 50.2 Å². The molecule has 0 saturated carbocycles. The van der Waals surface area contributed by atoms with Gasteiger partial charge in [-0.05, 0) is 30.8 Å². The van der Waals surface area contributed by atoms with Gasteiger partial charge in [-0.1, -0.05) is 17.7 Å². The molecule has 9 heteroatoms. The van der Waals surface area contributed by atoms with Crippen LogP contribution in [0.4, 0.5) is 5.69 Å². The summed E-state index contributed by atoms with van der Waals surface area (Å²) in [4.78, 5) is 24.4. The Morgan fingerprint density at radius 1 is 1.43 bits per heavy atom. The minimum atomic E-state index is -0.588. The summed E-state index contributed by atoms with van der Waals surface area (Å²) >= 11 is 11.0. The van der Waals surface area contributed by atoms with E-state index in [2.05, 4.69) is 10.6 Å². The molecule has 1 heterocycles. The molecule has 7 nitrogen and oxygen atoms in total. The van der Waals surface area contributed by atoms with E-state index in [1.807, 2.05) is 0 Å². The average molecular weight is 355 g/mol. The van der Waals surface area contributed by atoms with Gasteiger partial charge in [0.15, 0.2) is 5.11 Å². The molecule has 0 aliphatic carbocycles. The third kappa shape index (κ3) is 3.43. The van der Waals surface area contributed by atoms with Crippen LogP contribution in [0, 0.1) is 10.1 Å². The summed E-state index contributed by atoms with van der Waals surface area (Å²) in [5.41, 5.74) is 1.37. The van der Waals surface area contributed by atoms with E-state index in [0.29, 0.717) is 21.9 Å². The lowest BCUT2D eigenvalue weighted by Crippen LogP contribution is -2.46. The smallest absolute Gasteiger partial charge is 0.288 e. The highest BCUT2D eigenvalue weighted by molar-refractivity contribution is 7.80. The van der Waals surface area contributed by atoms with E-state index in [9.17, 15) is 14.9 Å². The van der Waals surface area contributed by atoms with Crippen molar-refractivity contribution in [3.8, 4) is 0 Å². The Hall–Kier alpha value is -2.19. The Bertz CT molecular complexity index is 733. The summed E-state index contributed by atoms with van der Waals surface area (Å²) in [5.74, 6) is -0.215. The van der Waals surface area contributed by atoms with Gasteiger partial charge < -0.3 is 15.5 Å². The first-order chi connectivity index (χ1) is 10.7. The number of thiocarbonyl (C=S) groups is 1. The molecule has 2 N–H and O–H groups in total. The van der Waals surface area contributed by atoms with Crippen LogP contribution in [-0.2, 0) is 4.79 Å². The molecular formula is C14H15ClN4O3S. The summed E-state index contributed by atoms with van der Waals surface area (Å²) in [6, 6.07) is 3.84. The van der Waals surface area contributed by atoms with Gasteiger partial charge in [-0.25, -0.2) is 0 Å². The number of benzene rings is 1. The zero-order valence-corrected chi connectivity index (χ0v) is 14.3. The highest BCUT2D eigenvalue weighted by atomic mass is 35.5. The fourth-order valence-corrected chi connectivity index (χ4v) is 2.77. The van der Waals surface area contributed by atoms with Crippen molar-refractivity contribution >= 4 is 40.5 Å². The molecular weight excluding hydrogens is 340 g/mol. The molecule has 0 saturated heterocycles. The van der Waals surface area contributed by atoms with Crippen molar-refractivity contribution in [1.82, 2.24) is 15.5 Å². The molecule has 1 amide bonds. The molecule has 0 radical (unpaired) electrons. The van der Waals surface area contributed by atoms with Gasteiger partial charge in [-0.15, -0.1) is 0 Å². The Labute approximate surface area is 143 Å². The first kappa shape index (κ1) is 17.2. The first-order valence-corrected chi connectivity index (χ1v) is 7.44. The second kappa shape index (κ2) is 6.51. The maximum atomic E-state index is 12.5. The summed E-state index contributed by atoms with van der Waals surface area (Å²) in [7, 11) is 3.27. The van der Waals surface area contributed by atoms with Crippen LogP contribution in [0.5, 0.6) is 0 Å². The minimum Gasteiger partial charge on any atom is -0.351 e. The minimum absolute atomic E-state index is 0.0384. The number of nitrogens with one attached hydrogen (secondary N) is 2. The number of nitro groups is 1. The lowest BCUT2D eigenvalue weighted by Gasteiger charge is -2.31. The van der Waals surface area contributed by atoms with Gasteiger partial charge in [0.05, 0.1) is 16.5 Å². The number of nitrogens with zero attached hydrogens (tertiary/aromatic N) is 2. The maximum absolute atomic E-state index is 12.5. The first-order valence-electron chi connectivity index (χ1n) is 6.66. The van der Waals surface area contributed by atoms with Crippen molar-refractivity contribution in [3.63, 3.8) is 0 Å². The fraction of sp³-hybridized carbons (Fsp3) is 0.286. The number of hydrogen-bond acceptors (Lipinski definition) is 4. The number of hydrogen-bond donors (Lipinski definition) is 2. The number of allylic oxidation sites excluding steroid dienone is 1. The average Bonchev–Trinajstić information content (AvgIpc) is 2.45. The van der Waals surface area contributed by atoms with Crippen molar-refractivity contribution in [2.75, 3.05) is 14.1 Å². The van der Waals surface area contributed by atoms with Gasteiger partial charge in [-0.2, -0.15) is 0 Å². The fourth-order valence-electron chi connectivity index (χ4n) is 2.32. The molecule has 1 aromatic carbocycles. The quantitative estimate of drug-likeness (QED) is 0.491. The third-order valence-electron chi connectivity index (χ3n) is 3.41. The Kier molecular flexibility index (Phi) is 4.86. The topological polar surface area (TPSA) is 87.5 Å². The van der Waals surface area contributed by atoms with Crippen LogP contribution in [0.15, 0.2) is 29.5 Å². The molecule has 122 valence electrons. The van der Waals surface area contributed by atoms with Gasteiger partial charge in [0, 0.05) is 25.9 Å². The summed E-state index contributed by atoms with van der Waals surface area (Å²) in [6.45, 7) is 1.74. The van der Waals surface area contributed by atoms with Crippen LogP contribution in [0.1, 0.15) is 18.5 Å². The Morgan fingerprint density at radius 2 is 2.09 bits per heavy atom. The Morgan fingerprint density at radius 3 is 2.65 bits per heavy atom. The standard InChI is InChI=1S/C14H15ClN4O3S/c1-7-11(13(20)18(2)3)12(17-14(23)16-7)8-4-5-9(15)10(6-8)19(21)22/h4-6,12H,1-3H3,(H2,16,17,23). The molecule has 1 aromatic rings. The van der Waals surface area contributed by atoms with Crippen LogP contribution in [0.3, 0.4) is 0 Å². The summed E-state index contributed by atoms with van der Waals surface area (Å²) < 4.78 is 0. The molecule has 1 aliphatic rings. The highest BCUT2D eigenvalue weighted by Crippen LogP contribution is 2.33. The normalized spacial score (nSPS) is 17.4. The molecule has 0 bridgehead atoms. The SMILES string of the molecule is CC1=C(C(=O)N(C)C)C(c2ccc(Cl)c([N+](=O)[O-])c2)NC(=S)N1. The molecule has 23 heavy (non-hydrogen) atoms. The van der Waals surface area contributed by atoms with Gasteiger partial charge in [0.25, 0.3) is 11.6 Å². The molecule has 0 spiro atoms.